The van der Waals surface area contributed by atoms with Crippen molar-refractivity contribution in [2.24, 2.45) is 0 Å². The van der Waals surface area contributed by atoms with Crippen LogP contribution in [-0.2, 0) is 0 Å². The van der Waals surface area contributed by atoms with Gasteiger partial charge in [0, 0.05) is 5.39 Å². The second-order valence-corrected chi connectivity index (χ2v) is 3.84. The van der Waals surface area contributed by atoms with Gasteiger partial charge in [0.15, 0.2) is 6.61 Å². The highest BCUT2D eigenvalue weighted by Crippen LogP contribution is 2.31. The molecule has 0 spiro atoms. The van der Waals surface area contributed by atoms with Gasteiger partial charge in [-0.1, -0.05) is 18.1 Å². The molecule has 0 saturated carbocycles. The van der Waals surface area contributed by atoms with Crippen LogP contribution in [0.5, 0.6) is 5.88 Å². The summed E-state index contributed by atoms with van der Waals surface area (Å²) in [6.07, 6.45) is 5.18. The van der Waals surface area contributed by atoms with Gasteiger partial charge >= 0.3 is 0 Å². The summed E-state index contributed by atoms with van der Waals surface area (Å²) in [4.78, 5) is 8.61. The maximum atomic E-state index is 5.72. The molecule has 0 atom stereocenters. The molecule has 0 N–H and O–H groups in total. The Balaban J connectivity index is 2.33. The summed E-state index contributed by atoms with van der Waals surface area (Å²) in [5.41, 5.74) is 2.06. The van der Waals surface area contributed by atoms with Crippen molar-refractivity contribution in [3.63, 3.8) is 0 Å². The molecule has 3 aromatic rings. The van der Waals surface area contributed by atoms with E-state index < -0.39 is 0 Å². The Labute approximate surface area is 104 Å². The molecule has 0 amide bonds. The minimum Gasteiger partial charge on any atom is -0.462 e. The van der Waals surface area contributed by atoms with Crippen LogP contribution in [0.1, 0.15) is 5.82 Å². The van der Waals surface area contributed by atoms with Gasteiger partial charge in [-0.2, -0.15) is 4.98 Å². The van der Waals surface area contributed by atoms with E-state index in [2.05, 4.69) is 15.9 Å². The fraction of sp³-hybridized carbons (Fsp3) is 0.143. The highest BCUT2D eigenvalue weighted by atomic mass is 16.5. The van der Waals surface area contributed by atoms with Gasteiger partial charge in [0.1, 0.15) is 16.9 Å². The van der Waals surface area contributed by atoms with E-state index in [0.29, 0.717) is 17.3 Å². The molecule has 4 heteroatoms. The van der Waals surface area contributed by atoms with Crippen LogP contribution >= 0.6 is 0 Å². The van der Waals surface area contributed by atoms with E-state index in [4.69, 9.17) is 15.6 Å². The number of hydrogen-bond acceptors (Lipinski definition) is 4. The van der Waals surface area contributed by atoms with Crippen molar-refractivity contribution in [2.45, 2.75) is 6.92 Å². The lowest BCUT2D eigenvalue weighted by atomic mass is 10.2. The quantitative estimate of drug-likeness (QED) is 0.644. The average Bonchev–Trinajstić information content (AvgIpc) is 2.75. The van der Waals surface area contributed by atoms with Crippen molar-refractivity contribution in [3.8, 4) is 18.2 Å². The van der Waals surface area contributed by atoms with Crippen molar-refractivity contribution in [1.29, 1.82) is 0 Å². The average molecular weight is 238 g/mol. The Morgan fingerprint density at radius 2 is 2.17 bits per heavy atom. The zero-order valence-corrected chi connectivity index (χ0v) is 9.80. The van der Waals surface area contributed by atoms with Crippen molar-refractivity contribution in [3.05, 3.63) is 30.1 Å². The Kier molecular flexibility index (Phi) is 2.38. The number of ether oxygens (including phenoxy) is 1. The standard InChI is InChI=1S/C14H10N2O2/c1-3-8-17-14-13-12(15-9(2)16-14)10-6-4-5-7-11(10)18-13/h1,4-7H,8H2,2H3. The van der Waals surface area contributed by atoms with Crippen LogP contribution in [0.15, 0.2) is 28.7 Å². The van der Waals surface area contributed by atoms with Crippen LogP contribution in [0.3, 0.4) is 0 Å². The van der Waals surface area contributed by atoms with Gasteiger partial charge in [-0.15, -0.1) is 6.42 Å². The monoisotopic (exact) mass is 238 g/mol. The number of rotatable bonds is 2. The molecule has 18 heavy (non-hydrogen) atoms. The van der Waals surface area contributed by atoms with Gasteiger partial charge in [0.05, 0.1) is 0 Å². The van der Waals surface area contributed by atoms with Crippen LogP contribution in [0, 0.1) is 19.3 Å². The first-order valence-electron chi connectivity index (χ1n) is 5.52. The molecule has 1 aromatic carbocycles. The van der Waals surface area contributed by atoms with Gasteiger partial charge in [-0.25, -0.2) is 4.98 Å². The largest absolute Gasteiger partial charge is 0.462 e. The second-order valence-electron chi connectivity index (χ2n) is 3.84. The second kappa shape index (κ2) is 4.04. The third-order valence-corrected chi connectivity index (χ3v) is 2.59. The smallest absolute Gasteiger partial charge is 0.262 e. The van der Waals surface area contributed by atoms with Gasteiger partial charge in [0.2, 0.25) is 5.58 Å². The number of para-hydroxylation sites is 1. The first-order chi connectivity index (χ1) is 8.79. The zero-order chi connectivity index (χ0) is 12.5. The summed E-state index contributed by atoms with van der Waals surface area (Å²) < 4.78 is 11.1. The van der Waals surface area contributed by atoms with Crippen molar-refractivity contribution < 1.29 is 9.15 Å². The lowest BCUT2D eigenvalue weighted by molar-refractivity contribution is 0.352. The highest BCUT2D eigenvalue weighted by Gasteiger charge is 2.14. The SMILES string of the molecule is C#CCOc1nc(C)nc2c1oc1ccccc12. The molecule has 3 rings (SSSR count). The highest BCUT2D eigenvalue weighted by molar-refractivity contribution is 6.03. The molecular formula is C14H10N2O2. The lowest BCUT2D eigenvalue weighted by Crippen LogP contribution is -1.99. The zero-order valence-electron chi connectivity index (χ0n) is 9.80. The molecular weight excluding hydrogens is 228 g/mol. The molecule has 2 heterocycles. The van der Waals surface area contributed by atoms with E-state index in [-0.39, 0.29) is 6.61 Å². The number of furan rings is 1. The molecule has 0 aliphatic carbocycles. The fourth-order valence-electron chi connectivity index (χ4n) is 1.88. The number of benzene rings is 1. The Morgan fingerprint density at radius 3 is 3.00 bits per heavy atom. The molecule has 0 saturated heterocycles. The first kappa shape index (κ1) is 10.6. The number of aryl methyl sites for hydroxylation is 1. The van der Waals surface area contributed by atoms with Gasteiger partial charge in [-0.3, -0.25) is 0 Å². The van der Waals surface area contributed by atoms with Crippen LogP contribution in [0.4, 0.5) is 0 Å². The molecule has 2 aromatic heterocycles. The minimum atomic E-state index is 0.155. The predicted molar refractivity (Wildman–Crippen MR) is 68.4 cm³/mol. The summed E-state index contributed by atoms with van der Waals surface area (Å²) in [6, 6.07) is 7.69. The van der Waals surface area contributed by atoms with Crippen molar-refractivity contribution in [2.75, 3.05) is 6.61 Å². The summed E-state index contributed by atoms with van der Waals surface area (Å²) in [5, 5.41) is 0.948. The normalized spacial score (nSPS) is 10.7. The van der Waals surface area contributed by atoms with Crippen LogP contribution in [-0.4, -0.2) is 16.6 Å². The molecule has 0 unspecified atom stereocenters. The van der Waals surface area contributed by atoms with E-state index in [1.165, 1.54) is 0 Å². The summed E-state index contributed by atoms with van der Waals surface area (Å²) in [7, 11) is 0. The third-order valence-electron chi connectivity index (χ3n) is 2.59. The van der Waals surface area contributed by atoms with Crippen molar-refractivity contribution >= 4 is 22.1 Å². The Bertz CT molecular complexity index is 768. The number of nitrogens with zero attached hydrogens (tertiary/aromatic N) is 2. The maximum Gasteiger partial charge on any atom is 0.262 e. The van der Waals surface area contributed by atoms with E-state index in [1.54, 1.807) is 0 Å². The van der Waals surface area contributed by atoms with Gasteiger partial charge in [-0.05, 0) is 19.1 Å². The number of aromatic nitrogens is 2. The van der Waals surface area contributed by atoms with Crippen LogP contribution in [0.2, 0.25) is 0 Å². The Morgan fingerprint density at radius 1 is 1.33 bits per heavy atom. The molecule has 88 valence electrons. The first-order valence-corrected chi connectivity index (χ1v) is 5.52. The van der Waals surface area contributed by atoms with Gasteiger partial charge < -0.3 is 9.15 Å². The van der Waals surface area contributed by atoms with E-state index in [0.717, 1.165) is 16.5 Å². The number of hydrogen-bond donors (Lipinski definition) is 0. The Hall–Kier alpha value is -2.54. The number of fused-ring (bicyclic) bond motifs is 3. The molecule has 0 bridgehead atoms. The maximum absolute atomic E-state index is 5.72. The van der Waals surface area contributed by atoms with Crippen LogP contribution in [0.25, 0.3) is 22.1 Å². The topological polar surface area (TPSA) is 48.2 Å². The summed E-state index contributed by atoms with van der Waals surface area (Å²) in [5.74, 6) is 3.43. The van der Waals surface area contributed by atoms with Crippen LogP contribution < -0.4 is 4.74 Å². The fourth-order valence-corrected chi connectivity index (χ4v) is 1.88. The molecule has 0 aliphatic rings. The number of terminal acetylenes is 1. The molecule has 0 fully saturated rings. The van der Waals surface area contributed by atoms with E-state index >= 15 is 0 Å². The molecule has 0 aliphatic heterocycles. The third kappa shape index (κ3) is 1.57. The van der Waals surface area contributed by atoms with Crippen molar-refractivity contribution in [1.82, 2.24) is 9.97 Å². The minimum absolute atomic E-state index is 0.155. The molecule has 0 radical (unpaired) electrons. The van der Waals surface area contributed by atoms with E-state index in [9.17, 15) is 0 Å². The van der Waals surface area contributed by atoms with E-state index in [1.807, 2.05) is 31.2 Å². The summed E-state index contributed by atoms with van der Waals surface area (Å²) >= 11 is 0. The lowest BCUT2D eigenvalue weighted by Gasteiger charge is -2.02. The summed E-state index contributed by atoms with van der Waals surface area (Å²) in [6.45, 7) is 1.96. The predicted octanol–water partition coefficient (Wildman–Crippen LogP) is 2.70. The molecule has 4 nitrogen and oxygen atoms in total. The van der Waals surface area contributed by atoms with Gasteiger partial charge in [0.25, 0.3) is 5.88 Å².